The summed E-state index contributed by atoms with van der Waals surface area (Å²) in [7, 11) is 0. The first kappa shape index (κ1) is 13.4. The number of rotatable bonds is 6. The Kier molecular flexibility index (Phi) is 4.27. The van der Waals surface area contributed by atoms with Crippen LogP contribution in [0.15, 0.2) is 5.16 Å². The van der Waals surface area contributed by atoms with Gasteiger partial charge in [-0.3, -0.25) is 4.79 Å². The van der Waals surface area contributed by atoms with Gasteiger partial charge in [0.25, 0.3) is 0 Å². The van der Waals surface area contributed by atoms with Crippen LogP contribution in [-0.2, 0) is 11.2 Å². The molecule has 0 radical (unpaired) electrons. The van der Waals surface area contributed by atoms with Crippen molar-refractivity contribution in [3.8, 4) is 0 Å². The number of carbonyl (C=O) groups excluding carboxylic acids is 1. The van der Waals surface area contributed by atoms with Gasteiger partial charge in [0.05, 0.1) is 5.75 Å². The number of amides is 1. The molecule has 0 atom stereocenters. The lowest BCUT2D eigenvalue weighted by atomic mass is 10.3. The predicted molar refractivity (Wildman–Crippen MR) is 71.7 cm³/mol. The van der Waals surface area contributed by atoms with Crippen LogP contribution in [0.5, 0.6) is 0 Å². The smallest absolute Gasteiger partial charge is 0.230 e. The van der Waals surface area contributed by atoms with Crippen LogP contribution in [0.2, 0.25) is 0 Å². The van der Waals surface area contributed by atoms with Crippen molar-refractivity contribution in [1.82, 2.24) is 20.1 Å². The van der Waals surface area contributed by atoms with Gasteiger partial charge in [0.15, 0.2) is 5.16 Å². The van der Waals surface area contributed by atoms with E-state index in [0.717, 1.165) is 30.2 Å². The van der Waals surface area contributed by atoms with Gasteiger partial charge in [-0.05, 0) is 26.7 Å². The average Bonchev–Trinajstić information content (AvgIpc) is 3.03. The van der Waals surface area contributed by atoms with Crippen LogP contribution in [0, 0.1) is 0 Å². The molecule has 100 valence electrons. The van der Waals surface area contributed by atoms with Gasteiger partial charge in [-0.15, -0.1) is 10.2 Å². The zero-order valence-corrected chi connectivity index (χ0v) is 12.0. The van der Waals surface area contributed by atoms with E-state index in [4.69, 9.17) is 0 Å². The Morgan fingerprint density at radius 3 is 2.78 bits per heavy atom. The van der Waals surface area contributed by atoms with Crippen LogP contribution >= 0.6 is 11.8 Å². The second kappa shape index (κ2) is 5.73. The number of aromatic nitrogens is 3. The zero-order valence-electron chi connectivity index (χ0n) is 11.1. The molecular weight excluding hydrogens is 248 g/mol. The van der Waals surface area contributed by atoms with Crippen LogP contribution in [-0.4, -0.2) is 32.5 Å². The summed E-state index contributed by atoms with van der Waals surface area (Å²) in [6.07, 6.45) is 3.11. The fourth-order valence-corrected chi connectivity index (χ4v) is 2.69. The highest BCUT2D eigenvalue weighted by Crippen LogP contribution is 2.23. The molecule has 0 saturated heterocycles. The van der Waals surface area contributed by atoms with Crippen molar-refractivity contribution >= 4 is 17.7 Å². The van der Waals surface area contributed by atoms with Crippen molar-refractivity contribution < 1.29 is 4.79 Å². The topological polar surface area (TPSA) is 59.8 Å². The SMILES string of the molecule is CCc1nnc(SCC(=O)NC2CC2)n1C(C)C. The second-order valence-electron chi connectivity index (χ2n) is 4.85. The summed E-state index contributed by atoms with van der Waals surface area (Å²) in [5.74, 6) is 1.50. The summed E-state index contributed by atoms with van der Waals surface area (Å²) < 4.78 is 2.11. The maximum absolute atomic E-state index is 11.6. The Balaban J connectivity index is 1.95. The fourth-order valence-electron chi connectivity index (χ4n) is 1.79. The van der Waals surface area contributed by atoms with Crippen molar-refractivity contribution in [2.45, 2.75) is 57.3 Å². The van der Waals surface area contributed by atoms with E-state index in [-0.39, 0.29) is 5.91 Å². The summed E-state index contributed by atoms with van der Waals surface area (Å²) in [6, 6.07) is 0.746. The first-order chi connectivity index (χ1) is 8.61. The lowest BCUT2D eigenvalue weighted by Gasteiger charge is -2.12. The van der Waals surface area contributed by atoms with Gasteiger partial charge in [0, 0.05) is 18.5 Å². The quantitative estimate of drug-likeness (QED) is 0.799. The van der Waals surface area contributed by atoms with Crippen LogP contribution in [0.3, 0.4) is 0 Å². The van der Waals surface area contributed by atoms with Gasteiger partial charge in [0.1, 0.15) is 5.82 Å². The van der Waals surface area contributed by atoms with Crippen molar-refractivity contribution in [1.29, 1.82) is 0 Å². The lowest BCUT2D eigenvalue weighted by molar-refractivity contribution is -0.118. The van der Waals surface area contributed by atoms with E-state index >= 15 is 0 Å². The highest BCUT2D eigenvalue weighted by molar-refractivity contribution is 7.99. The Labute approximate surface area is 112 Å². The molecule has 2 rings (SSSR count). The van der Waals surface area contributed by atoms with E-state index in [1.807, 2.05) is 0 Å². The van der Waals surface area contributed by atoms with Gasteiger partial charge < -0.3 is 9.88 Å². The molecule has 1 aliphatic rings. The van der Waals surface area contributed by atoms with E-state index in [9.17, 15) is 4.79 Å². The number of aryl methyl sites for hydroxylation is 1. The number of hydrogen-bond donors (Lipinski definition) is 1. The molecule has 6 heteroatoms. The minimum Gasteiger partial charge on any atom is -0.353 e. The molecule has 1 heterocycles. The molecule has 0 unspecified atom stereocenters. The highest BCUT2D eigenvalue weighted by atomic mass is 32.2. The number of hydrogen-bond acceptors (Lipinski definition) is 4. The normalized spacial score (nSPS) is 15.1. The zero-order chi connectivity index (χ0) is 13.1. The minimum atomic E-state index is 0.0962. The van der Waals surface area contributed by atoms with Crippen molar-refractivity contribution in [3.63, 3.8) is 0 Å². The van der Waals surface area contributed by atoms with Crippen molar-refractivity contribution in [2.24, 2.45) is 0 Å². The number of nitrogens with one attached hydrogen (secondary N) is 1. The van der Waals surface area contributed by atoms with Gasteiger partial charge in [-0.25, -0.2) is 0 Å². The van der Waals surface area contributed by atoms with Crippen LogP contribution in [0.1, 0.15) is 45.5 Å². The fraction of sp³-hybridized carbons (Fsp3) is 0.750. The maximum Gasteiger partial charge on any atom is 0.230 e. The molecule has 0 aliphatic heterocycles. The minimum absolute atomic E-state index is 0.0962. The Morgan fingerprint density at radius 1 is 1.50 bits per heavy atom. The van der Waals surface area contributed by atoms with Crippen molar-refractivity contribution in [3.05, 3.63) is 5.82 Å². The number of nitrogens with zero attached hydrogens (tertiary/aromatic N) is 3. The summed E-state index contributed by atoms with van der Waals surface area (Å²) in [6.45, 7) is 6.28. The summed E-state index contributed by atoms with van der Waals surface area (Å²) in [5, 5.41) is 12.2. The number of thioether (sulfide) groups is 1. The predicted octanol–water partition coefficient (Wildman–Crippen LogP) is 1.79. The van der Waals surface area contributed by atoms with Crippen molar-refractivity contribution in [2.75, 3.05) is 5.75 Å². The largest absolute Gasteiger partial charge is 0.353 e. The molecule has 1 saturated carbocycles. The molecular formula is C12H20N4OS. The molecule has 1 fully saturated rings. The van der Waals surface area contributed by atoms with Gasteiger partial charge in [-0.2, -0.15) is 0 Å². The molecule has 18 heavy (non-hydrogen) atoms. The average molecular weight is 268 g/mol. The first-order valence-electron chi connectivity index (χ1n) is 6.47. The monoisotopic (exact) mass is 268 g/mol. The van der Waals surface area contributed by atoms with E-state index in [1.165, 1.54) is 11.8 Å². The Hall–Kier alpha value is -1.04. The molecule has 5 nitrogen and oxygen atoms in total. The summed E-state index contributed by atoms with van der Waals surface area (Å²) >= 11 is 1.47. The third-order valence-electron chi connectivity index (χ3n) is 2.84. The lowest BCUT2D eigenvalue weighted by Crippen LogP contribution is -2.27. The summed E-state index contributed by atoms with van der Waals surface area (Å²) in [5.41, 5.74) is 0. The molecule has 1 aromatic heterocycles. The highest BCUT2D eigenvalue weighted by Gasteiger charge is 2.23. The van der Waals surface area contributed by atoms with E-state index in [2.05, 4.69) is 40.9 Å². The molecule has 1 aliphatic carbocycles. The first-order valence-corrected chi connectivity index (χ1v) is 7.46. The molecule has 0 spiro atoms. The Morgan fingerprint density at radius 2 is 2.22 bits per heavy atom. The summed E-state index contributed by atoms with van der Waals surface area (Å²) in [4.78, 5) is 11.6. The van der Waals surface area contributed by atoms with E-state index < -0.39 is 0 Å². The third-order valence-corrected chi connectivity index (χ3v) is 3.79. The van der Waals surface area contributed by atoms with Crippen LogP contribution in [0.4, 0.5) is 0 Å². The van der Waals surface area contributed by atoms with E-state index in [1.54, 1.807) is 0 Å². The Bertz CT molecular complexity index is 426. The standard InChI is InChI=1S/C12H20N4OS/c1-4-10-14-15-12(16(10)8(2)3)18-7-11(17)13-9-5-6-9/h8-9H,4-7H2,1-3H3,(H,13,17). The van der Waals surface area contributed by atoms with Crippen LogP contribution < -0.4 is 5.32 Å². The molecule has 0 aromatic carbocycles. The van der Waals surface area contributed by atoms with Gasteiger partial charge in [-0.1, -0.05) is 18.7 Å². The maximum atomic E-state index is 11.6. The molecule has 0 bridgehead atoms. The van der Waals surface area contributed by atoms with E-state index in [0.29, 0.717) is 17.8 Å². The third kappa shape index (κ3) is 3.25. The second-order valence-corrected chi connectivity index (χ2v) is 5.79. The molecule has 1 N–H and O–H groups in total. The van der Waals surface area contributed by atoms with Crippen LogP contribution in [0.25, 0.3) is 0 Å². The molecule has 1 amide bonds. The van der Waals surface area contributed by atoms with Gasteiger partial charge in [0.2, 0.25) is 5.91 Å². The van der Waals surface area contributed by atoms with Gasteiger partial charge >= 0.3 is 0 Å². The molecule has 1 aromatic rings. The number of carbonyl (C=O) groups is 1.